The van der Waals surface area contributed by atoms with Crippen molar-refractivity contribution in [2.24, 2.45) is 0 Å². The van der Waals surface area contributed by atoms with Gasteiger partial charge in [0.15, 0.2) is 0 Å². The maximum absolute atomic E-state index is 12.2. The number of phenolic OH excluding ortho intramolecular Hbond substituents is 1. The Labute approximate surface area is 114 Å². The van der Waals surface area contributed by atoms with Crippen LogP contribution in [0.25, 0.3) is 0 Å². The Balaban J connectivity index is 2.02. The first-order chi connectivity index (χ1) is 8.97. The van der Waals surface area contributed by atoms with Gasteiger partial charge in [-0.1, -0.05) is 0 Å². The van der Waals surface area contributed by atoms with Crippen molar-refractivity contribution < 1.29 is 9.90 Å². The molecule has 1 aliphatic heterocycles. The molecule has 0 spiro atoms. The number of amides is 1. The molecule has 1 amide bonds. The van der Waals surface area contributed by atoms with Crippen molar-refractivity contribution in [1.82, 2.24) is 10.6 Å². The predicted octanol–water partition coefficient (Wildman–Crippen LogP) is 1.96. The van der Waals surface area contributed by atoms with E-state index in [4.69, 9.17) is 0 Å². The number of benzene rings is 1. The van der Waals surface area contributed by atoms with Crippen LogP contribution in [-0.2, 0) is 0 Å². The molecule has 0 bridgehead atoms. The van der Waals surface area contributed by atoms with Crippen LogP contribution in [0.3, 0.4) is 0 Å². The summed E-state index contributed by atoms with van der Waals surface area (Å²) in [5, 5.41) is 16.0. The molecular formula is C15H22N2O2. The number of hydrogen-bond donors (Lipinski definition) is 3. The lowest BCUT2D eigenvalue weighted by atomic mass is 9.95. The lowest BCUT2D eigenvalue weighted by Gasteiger charge is -2.34. The van der Waals surface area contributed by atoms with Gasteiger partial charge in [0.05, 0.1) is 0 Å². The third-order valence-corrected chi connectivity index (χ3v) is 3.84. The van der Waals surface area contributed by atoms with Crippen LogP contribution in [-0.4, -0.2) is 29.1 Å². The van der Waals surface area contributed by atoms with Gasteiger partial charge in [0.25, 0.3) is 5.91 Å². The Morgan fingerprint density at radius 3 is 2.74 bits per heavy atom. The van der Waals surface area contributed by atoms with Crippen LogP contribution in [0.1, 0.15) is 42.6 Å². The normalized spacial score (nSPS) is 27.0. The summed E-state index contributed by atoms with van der Waals surface area (Å²) in [6.07, 6.45) is 2.07. The third kappa shape index (κ3) is 3.26. The molecule has 4 heteroatoms. The molecule has 104 valence electrons. The van der Waals surface area contributed by atoms with E-state index in [1.807, 2.05) is 0 Å². The number of nitrogens with one attached hydrogen (secondary N) is 2. The summed E-state index contributed by atoms with van der Waals surface area (Å²) in [5.74, 6) is 0.148. The molecule has 0 saturated carbocycles. The Kier molecular flexibility index (Phi) is 4.10. The number of phenols is 1. The summed E-state index contributed by atoms with van der Waals surface area (Å²) >= 11 is 0. The van der Waals surface area contributed by atoms with Crippen molar-refractivity contribution in [3.8, 4) is 5.75 Å². The molecule has 3 atom stereocenters. The molecule has 19 heavy (non-hydrogen) atoms. The van der Waals surface area contributed by atoms with E-state index >= 15 is 0 Å². The van der Waals surface area contributed by atoms with Crippen molar-refractivity contribution in [1.29, 1.82) is 0 Å². The second kappa shape index (κ2) is 5.61. The fraction of sp³-hybridized carbons (Fsp3) is 0.533. The first kappa shape index (κ1) is 13.9. The second-order valence-corrected chi connectivity index (χ2v) is 5.51. The minimum Gasteiger partial charge on any atom is -0.508 e. The summed E-state index contributed by atoms with van der Waals surface area (Å²) in [7, 11) is 0. The van der Waals surface area contributed by atoms with Gasteiger partial charge in [-0.05, 0) is 57.4 Å². The molecule has 0 aromatic heterocycles. The Morgan fingerprint density at radius 2 is 2.11 bits per heavy atom. The summed E-state index contributed by atoms with van der Waals surface area (Å²) in [6, 6.07) is 5.90. The predicted molar refractivity (Wildman–Crippen MR) is 75.4 cm³/mol. The fourth-order valence-corrected chi connectivity index (χ4v) is 2.57. The van der Waals surface area contributed by atoms with Crippen LogP contribution in [0.2, 0.25) is 0 Å². The first-order valence-electron chi connectivity index (χ1n) is 6.84. The van der Waals surface area contributed by atoms with Crippen molar-refractivity contribution >= 4 is 5.91 Å². The second-order valence-electron chi connectivity index (χ2n) is 5.51. The molecule has 2 rings (SSSR count). The van der Waals surface area contributed by atoms with Gasteiger partial charge < -0.3 is 15.7 Å². The molecular weight excluding hydrogens is 240 g/mol. The van der Waals surface area contributed by atoms with E-state index in [2.05, 4.69) is 24.5 Å². The van der Waals surface area contributed by atoms with E-state index in [-0.39, 0.29) is 23.7 Å². The summed E-state index contributed by atoms with van der Waals surface area (Å²) in [5.41, 5.74) is 1.32. The minimum atomic E-state index is -0.0729. The van der Waals surface area contributed by atoms with Gasteiger partial charge >= 0.3 is 0 Å². The van der Waals surface area contributed by atoms with E-state index in [0.717, 1.165) is 18.4 Å². The Hall–Kier alpha value is -1.55. The molecule has 1 fully saturated rings. The van der Waals surface area contributed by atoms with Crippen LogP contribution < -0.4 is 10.6 Å². The van der Waals surface area contributed by atoms with Gasteiger partial charge in [-0.3, -0.25) is 4.79 Å². The minimum absolute atomic E-state index is 0.0729. The van der Waals surface area contributed by atoms with Crippen molar-refractivity contribution in [3.05, 3.63) is 29.3 Å². The van der Waals surface area contributed by atoms with Gasteiger partial charge in [-0.25, -0.2) is 0 Å². The molecule has 1 saturated heterocycles. The largest absolute Gasteiger partial charge is 0.508 e. The van der Waals surface area contributed by atoms with Crippen molar-refractivity contribution in [2.75, 3.05) is 0 Å². The zero-order chi connectivity index (χ0) is 14.0. The molecule has 1 aromatic carbocycles. The highest BCUT2D eigenvalue weighted by atomic mass is 16.3. The molecule has 4 nitrogen and oxygen atoms in total. The lowest BCUT2D eigenvalue weighted by molar-refractivity contribution is 0.0914. The summed E-state index contributed by atoms with van der Waals surface area (Å²) in [6.45, 7) is 6.05. The van der Waals surface area contributed by atoms with Crippen LogP contribution in [0, 0.1) is 6.92 Å². The van der Waals surface area contributed by atoms with Gasteiger partial charge in [-0.2, -0.15) is 0 Å². The Bertz CT molecular complexity index is 473. The van der Waals surface area contributed by atoms with E-state index < -0.39 is 0 Å². The number of rotatable bonds is 2. The van der Waals surface area contributed by atoms with Crippen LogP contribution >= 0.6 is 0 Å². The monoisotopic (exact) mass is 262 g/mol. The van der Waals surface area contributed by atoms with Gasteiger partial charge in [-0.15, -0.1) is 0 Å². The lowest BCUT2D eigenvalue weighted by Crippen LogP contribution is -2.54. The zero-order valence-electron chi connectivity index (χ0n) is 11.7. The van der Waals surface area contributed by atoms with Crippen molar-refractivity contribution in [2.45, 2.75) is 51.7 Å². The molecule has 1 aromatic rings. The molecule has 0 aliphatic carbocycles. The molecule has 1 heterocycles. The maximum atomic E-state index is 12.2. The topological polar surface area (TPSA) is 61.4 Å². The maximum Gasteiger partial charge on any atom is 0.251 e. The van der Waals surface area contributed by atoms with E-state index in [1.165, 1.54) is 0 Å². The quantitative estimate of drug-likeness (QED) is 0.763. The molecule has 3 N–H and O–H groups in total. The van der Waals surface area contributed by atoms with E-state index in [0.29, 0.717) is 11.6 Å². The summed E-state index contributed by atoms with van der Waals surface area (Å²) in [4.78, 5) is 12.2. The smallest absolute Gasteiger partial charge is 0.251 e. The highest BCUT2D eigenvalue weighted by molar-refractivity contribution is 5.94. The number of aromatic hydroxyl groups is 1. The highest BCUT2D eigenvalue weighted by Gasteiger charge is 2.26. The highest BCUT2D eigenvalue weighted by Crippen LogP contribution is 2.18. The zero-order valence-corrected chi connectivity index (χ0v) is 11.7. The van der Waals surface area contributed by atoms with Gasteiger partial charge in [0.1, 0.15) is 5.75 Å². The van der Waals surface area contributed by atoms with Crippen molar-refractivity contribution in [3.63, 3.8) is 0 Å². The standard InChI is InChI=1S/C15H22N2O2/c1-9-8-12(5-7-14(9)18)15(19)17-13-6-4-10(2)16-11(13)3/h5,7-8,10-11,13,16,18H,4,6H2,1-3H3,(H,17,19). The Morgan fingerprint density at radius 1 is 1.37 bits per heavy atom. The SMILES string of the molecule is Cc1cc(C(=O)NC2CCC(C)NC2C)ccc1O. The van der Waals surface area contributed by atoms with Gasteiger partial charge in [0, 0.05) is 23.7 Å². The third-order valence-electron chi connectivity index (χ3n) is 3.84. The average molecular weight is 262 g/mol. The number of carbonyl (C=O) groups is 1. The van der Waals surface area contributed by atoms with Crippen LogP contribution in [0.15, 0.2) is 18.2 Å². The van der Waals surface area contributed by atoms with E-state index in [1.54, 1.807) is 25.1 Å². The van der Waals surface area contributed by atoms with Crippen LogP contribution in [0.5, 0.6) is 5.75 Å². The molecule has 1 aliphatic rings. The number of hydrogen-bond acceptors (Lipinski definition) is 3. The fourth-order valence-electron chi connectivity index (χ4n) is 2.57. The number of aryl methyl sites for hydroxylation is 1. The number of piperidine rings is 1. The number of carbonyl (C=O) groups excluding carboxylic acids is 1. The molecule has 3 unspecified atom stereocenters. The summed E-state index contributed by atoms with van der Waals surface area (Å²) < 4.78 is 0. The van der Waals surface area contributed by atoms with E-state index in [9.17, 15) is 9.90 Å². The van der Waals surface area contributed by atoms with Gasteiger partial charge in [0.2, 0.25) is 0 Å². The first-order valence-corrected chi connectivity index (χ1v) is 6.84. The van der Waals surface area contributed by atoms with Crippen LogP contribution in [0.4, 0.5) is 0 Å². The average Bonchev–Trinajstić information content (AvgIpc) is 2.36. The molecule has 0 radical (unpaired) electrons.